The zero-order valence-corrected chi connectivity index (χ0v) is 21.1. The summed E-state index contributed by atoms with van der Waals surface area (Å²) in [4.78, 5) is 15.0. The Hall–Kier alpha value is -2.08. The molecular formula is C26H39ClN2O3. The minimum absolute atomic E-state index is 0.00159. The van der Waals surface area contributed by atoms with Crippen LogP contribution in [0.2, 0.25) is 0 Å². The third-order valence-electron chi connectivity index (χ3n) is 5.47. The molecule has 1 aromatic carbocycles. The first-order valence-corrected chi connectivity index (χ1v) is 11.6. The molecule has 2 N–H and O–H groups in total. The normalized spacial score (nSPS) is 13.5. The summed E-state index contributed by atoms with van der Waals surface area (Å²) in [5.41, 5.74) is 3.81. The van der Waals surface area contributed by atoms with Crippen molar-refractivity contribution in [2.45, 2.75) is 60.0 Å². The average molecular weight is 463 g/mol. The molecule has 0 radical (unpaired) electrons. The van der Waals surface area contributed by atoms with Crippen LogP contribution in [0.15, 0.2) is 53.1 Å². The molecule has 0 aliphatic rings. The van der Waals surface area contributed by atoms with Gasteiger partial charge in [0.05, 0.1) is 6.61 Å². The van der Waals surface area contributed by atoms with Gasteiger partial charge in [0.2, 0.25) is 0 Å². The fourth-order valence-corrected chi connectivity index (χ4v) is 3.55. The summed E-state index contributed by atoms with van der Waals surface area (Å²) in [7, 11) is 0. The molecule has 0 aliphatic heterocycles. The number of benzene rings is 1. The first-order chi connectivity index (χ1) is 15.1. The molecular weight excluding hydrogens is 424 g/mol. The fraction of sp³-hybridized carbons (Fsp3) is 0.500. The highest BCUT2D eigenvalue weighted by Gasteiger charge is 2.18. The van der Waals surface area contributed by atoms with Crippen LogP contribution in [-0.4, -0.2) is 48.3 Å². The highest BCUT2D eigenvalue weighted by atomic mass is 35.5. The van der Waals surface area contributed by atoms with Gasteiger partial charge in [0, 0.05) is 29.2 Å². The quantitative estimate of drug-likeness (QED) is 0.309. The largest absolute Gasteiger partial charge is 0.491 e. The SMILES string of the molecule is C=C/C(=C\C(Cl)=C(C)C)C(=O)NC(C)CCN(CC)C(C)c1ccc(OCCO)cc1C. The number of aliphatic hydroxyl groups excluding tert-OH is 1. The van der Waals surface area contributed by atoms with E-state index in [1.165, 1.54) is 11.6 Å². The molecule has 1 amide bonds. The van der Waals surface area contributed by atoms with Gasteiger partial charge >= 0.3 is 0 Å². The monoisotopic (exact) mass is 462 g/mol. The maximum atomic E-state index is 12.6. The second-order valence-electron chi connectivity index (χ2n) is 8.21. The van der Waals surface area contributed by atoms with Crippen LogP contribution < -0.4 is 10.1 Å². The second kappa shape index (κ2) is 14.1. The molecule has 0 aliphatic carbocycles. The van der Waals surface area contributed by atoms with Crippen LogP contribution >= 0.6 is 11.6 Å². The van der Waals surface area contributed by atoms with Gasteiger partial charge in [0.25, 0.3) is 5.91 Å². The number of carbonyl (C=O) groups excluding carboxylic acids is 1. The van der Waals surface area contributed by atoms with Crippen molar-refractivity contribution in [2.24, 2.45) is 0 Å². The van der Waals surface area contributed by atoms with Gasteiger partial charge in [-0.1, -0.05) is 42.8 Å². The third kappa shape index (κ3) is 8.81. The van der Waals surface area contributed by atoms with Crippen molar-refractivity contribution in [1.29, 1.82) is 0 Å². The van der Waals surface area contributed by atoms with Crippen molar-refractivity contribution in [2.75, 3.05) is 26.3 Å². The van der Waals surface area contributed by atoms with Crippen LogP contribution in [-0.2, 0) is 4.79 Å². The van der Waals surface area contributed by atoms with Gasteiger partial charge in [0.1, 0.15) is 12.4 Å². The molecule has 0 bridgehead atoms. The van der Waals surface area contributed by atoms with Crippen molar-refractivity contribution in [3.05, 3.63) is 64.2 Å². The number of hydrogen-bond donors (Lipinski definition) is 2. The van der Waals surface area contributed by atoms with Crippen LogP contribution in [0.4, 0.5) is 0 Å². The molecule has 5 nitrogen and oxygen atoms in total. The smallest absolute Gasteiger partial charge is 0.251 e. The van der Waals surface area contributed by atoms with Crippen molar-refractivity contribution in [1.82, 2.24) is 10.2 Å². The van der Waals surface area contributed by atoms with E-state index in [4.69, 9.17) is 21.4 Å². The molecule has 0 heterocycles. The molecule has 0 fully saturated rings. The third-order valence-corrected chi connectivity index (χ3v) is 5.96. The Labute approximate surface area is 198 Å². The summed E-state index contributed by atoms with van der Waals surface area (Å²) >= 11 is 6.18. The van der Waals surface area contributed by atoms with E-state index in [1.54, 1.807) is 6.08 Å². The first kappa shape index (κ1) is 28.0. The van der Waals surface area contributed by atoms with E-state index in [0.717, 1.165) is 36.4 Å². The molecule has 1 rings (SSSR count). The van der Waals surface area contributed by atoms with Gasteiger partial charge in [-0.15, -0.1) is 0 Å². The Kier molecular flexibility index (Phi) is 12.4. The zero-order valence-electron chi connectivity index (χ0n) is 20.4. The average Bonchev–Trinajstić information content (AvgIpc) is 2.75. The molecule has 0 aromatic heterocycles. The van der Waals surface area contributed by atoms with Crippen molar-refractivity contribution >= 4 is 17.5 Å². The standard InChI is InChI=1S/C26H39ClN2O3/c1-8-22(17-25(27)18(3)4)26(31)28-20(6)12-13-29(9-2)21(7)24-11-10-23(16-19(24)5)32-15-14-30/h8,10-11,16-17,20-21,30H,1,9,12-15H2,2-7H3,(H,28,31)/b22-17+. The predicted molar refractivity (Wildman–Crippen MR) is 134 cm³/mol. The summed E-state index contributed by atoms with van der Waals surface area (Å²) in [6.07, 6.45) is 4.01. The number of hydrogen-bond acceptors (Lipinski definition) is 4. The lowest BCUT2D eigenvalue weighted by atomic mass is 10.0. The minimum Gasteiger partial charge on any atom is -0.491 e. The first-order valence-electron chi connectivity index (χ1n) is 11.2. The van der Waals surface area contributed by atoms with E-state index in [2.05, 4.69) is 43.6 Å². The fourth-order valence-electron chi connectivity index (χ4n) is 3.43. The number of ether oxygens (including phenoxy) is 1. The van der Waals surface area contributed by atoms with Gasteiger partial charge in [-0.05, 0) is 76.9 Å². The number of nitrogens with one attached hydrogen (secondary N) is 1. The topological polar surface area (TPSA) is 61.8 Å². The summed E-state index contributed by atoms with van der Waals surface area (Å²) in [6, 6.07) is 6.29. The summed E-state index contributed by atoms with van der Waals surface area (Å²) in [5.74, 6) is 0.600. The van der Waals surface area contributed by atoms with E-state index < -0.39 is 0 Å². The van der Waals surface area contributed by atoms with E-state index in [0.29, 0.717) is 17.2 Å². The van der Waals surface area contributed by atoms with E-state index in [-0.39, 0.29) is 24.6 Å². The highest BCUT2D eigenvalue weighted by Crippen LogP contribution is 2.27. The minimum atomic E-state index is -0.169. The van der Waals surface area contributed by atoms with Crippen LogP contribution in [0.3, 0.4) is 0 Å². The molecule has 178 valence electrons. The molecule has 32 heavy (non-hydrogen) atoms. The maximum absolute atomic E-state index is 12.6. The lowest BCUT2D eigenvalue weighted by molar-refractivity contribution is -0.117. The van der Waals surface area contributed by atoms with Gasteiger partial charge in [-0.25, -0.2) is 0 Å². The summed E-state index contributed by atoms with van der Waals surface area (Å²) < 4.78 is 5.51. The van der Waals surface area contributed by atoms with Crippen LogP contribution in [0.25, 0.3) is 0 Å². The van der Waals surface area contributed by atoms with Crippen molar-refractivity contribution in [3.63, 3.8) is 0 Å². The number of aryl methyl sites for hydroxylation is 1. The second-order valence-corrected chi connectivity index (χ2v) is 8.62. The molecule has 0 saturated heterocycles. The van der Waals surface area contributed by atoms with Gasteiger partial charge in [-0.2, -0.15) is 0 Å². The molecule has 2 atom stereocenters. The summed E-state index contributed by atoms with van der Waals surface area (Å²) in [5, 5.41) is 12.5. The number of halogens is 1. The predicted octanol–water partition coefficient (Wildman–Crippen LogP) is 5.29. The van der Waals surface area contributed by atoms with E-state index >= 15 is 0 Å². The number of nitrogens with zero attached hydrogens (tertiary/aromatic N) is 1. The van der Waals surface area contributed by atoms with Gasteiger partial charge in [0.15, 0.2) is 0 Å². The number of aliphatic hydroxyl groups is 1. The number of allylic oxidation sites excluding steroid dienone is 3. The molecule has 0 saturated carbocycles. The molecule has 1 aromatic rings. The van der Waals surface area contributed by atoms with Crippen LogP contribution in [0, 0.1) is 6.92 Å². The van der Waals surface area contributed by atoms with Crippen molar-refractivity contribution in [3.8, 4) is 5.75 Å². The Morgan fingerprint density at radius 2 is 2.03 bits per heavy atom. The number of rotatable bonds is 13. The highest BCUT2D eigenvalue weighted by molar-refractivity contribution is 6.32. The Bertz CT molecular complexity index is 828. The Balaban J connectivity index is 2.75. The van der Waals surface area contributed by atoms with Gasteiger partial charge < -0.3 is 15.2 Å². The number of carbonyl (C=O) groups is 1. The maximum Gasteiger partial charge on any atom is 0.251 e. The molecule has 2 unspecified atom stereocenters. The lowest BCUT2D eigenvalue weighted by Crippen LogP contribution is -2.37. The molecule has 6 heteroatoms. The van der Waals surface area contributed by atoms with Gasteiger partial charge in [-0.3, -0.25) is 9.69 Å². The van der Waals surface area contributed by atoms with Crippen molar-refractivity contribution < 1.29 is 14.6 Å². The Morgan fingerprint density at radius 3 is 2.56 bits per heavy atom. The lowest BCUT2D eigenvalue weighted by Gasteiger charge is -2.30. The summed E-state index contributed by atoms with van der Waals surface area (Å²) in [6.45, 7) is 18.0. The van der Waals surface area contributed by atoms with Crippen LogP contribution in [0.5, 0.6) is 5.75 Å². The Morgan fingerprint density at radius 1 is 1.34 bits per heavy atom. The number of amides is 1. The van der Waals surface area contributed by atoms with E-state index in [9.17, 15) is 4.79 Å². The molecule has 0 spiro atoms. The zero-order chi connectivity index (χ0) is 24.3. The van der Waals surface area contributed by atoms with Crippen LogP contribution in [0.1, 0.15) is 58.2 Å². The van der Waals surface area contributed by atoms with E-state index in [1.807, 2.05) is 32.9 Å².